The number of para-hydroxylation sites is 2. The molecule has 4 atom stereocenters. The fourth-order valence-corrected chi connectivity index (χ4v) is 2.45. The van der Waals surface area contributed by atoms with Crippen LogP contribution >= 0.6 is 0 Å². The smallest absolute Gasteiger partial charge is 0.303 e. The molecule has 1 aromatic carbocycles. The largest absolute Gasteiger partial charge is 0.504 e. The molecule has 1 N–H and O–H groups in total. The summed E-state index contributed by atoms with van der Waals surface area (Å²) >= 11 is 0. The number of phenols is 1. The van der Waals surface area contributed by atoms with Gasteiger partial charge in [0.2, 0.25) is 12.4 Å². The molecule has 0 spiro atoms. The minimum atomic E-state index is -1.18. The van der Waals surface area contributed by atoms with E-state index in [9.17, 15) is 19.5 Å². The van der Waals surface area contributed by atoms with Crippen molar-refractivity contribution in [1.82, 2.24) is 0 Å². The van der Waals surface area contributed by atoms with E-state index in [-0.39, 0.29) is 18.1 Å². The van der Waals surface area contributed by atoms with Crippen LogP contribution in [0, 0.1) is 0 Å². The van der Waals surface area contributed by atoms with Crippen LogP contribution in [0.3, 0.4) is 0 Å². The number of carbonyl (C=O) groups is 3. The minimum Gasteiger partial charge on any atom is -0.504 e. The molecule has 9 nitrogen and oxygen atoms in total. The van der Waals surface area contributed by atoms with Gasteiger partial charge in [0, 0.05) is 20.8 Å². The third kappa shape index (κ3) is 5.09. The van der Waals surface area contributed by atoms with E-state index in [1.807, 2.05) is 0 Å². The summed E-state index contributed by atoms with van der Waals surface area (Å²) in [7, 11) is 0. The van der Waals surface area contributed by atoms with Crippen LogP contribution in [-0.2, 0) is 33.3 Å². The van der Waals surface area contributed by atoms with Crippen LogP contribution in [0.4, 0.5) is 0 Å². The summed E-state index contributed by atoms with van der Waals surface area (Å²) in [6.07, 6.45) is -4.26. The van der Waals surface area contributed by atoms with Crippen molar-refractivity contribution >= 4 is 17.9 Å². The van der Waals surface area contributed by atoms with E-state index in [1.165, 1.54) is 32.9 Å². The maximum absolute atomic E-state index is 11.5. The molecule has 0 aromatic heterocycles. The molecule has 1 heterocycles. The first-order chi connectivity index (χ1) is 12.3. The summed E-state index contributed by atoms with van der Waals surface area (Å²) < 4.78 is 26.5. The highest BCUT2D eigenvalue weighted by Crippen LogP contribution is 2.33. The van der Waals surface area contributed by atoms with Crippen molar-refractivity contribution in [3.8, 4) is 11.5 Å². The van der Waals surface area contributed by atoms with Gasteiger partial charge in [0.15, 0.2) is 17.6 Å². The Balaban J connectivity index is 2.25. The topological polar surface area (TPSA) is 118 Å². The Morgan fingerprint density at radius 2 is 1.62 bits per heavy atom. The number of ether oxygens (including phenoxy) is 5. The van der Waals surface area contributed by atoms with Gasteiger partial charge in [0.1, 0.15) is 12.7 Å². The lowest BCUT2D eigenvalue weighted by Gasteiger charge is -2.23. The molecule has 26 heavy (non-hydrogen) atoms. The predicted octanol–water partition coefficient (Wildman–Crippen LogP) is 0.922. The standard InChI is InChI=1S/C17H20O9/c1-9(18)22-8-14-15(23-10(2)19)16(24-11(3)20)17(26-14)25-13-7-5-4-6-12(13)21/h4-7,14-17,21H,8H2,1-3H3. The van der Waals surface area contributed by atoms with E-state index in [0.717, 1.165) is 0 Å². The molecule has 0 amide bonds. The molecule has 1 aliphatic heterocycles. The summed E-state index contributed by atoms with van der Waals surface area (Å²) in [6, 6.07) is 6.13. The van der Waals surface area contributed by atoms with E-state index in [0.29, 0.717) is 0 Å². The van der Waals surface area contributed by atoms with E-state index < -0.39 is 42.5 Å². The van der Waals surface area contributed by atoms with Gasteiger partial charge in [-0.3, -0.25) is 14.4 Å². The highest BCUT2D eigenvalue weighted by atomic mass is 16.7. The van der Waals surface area contributed by atoms with E-state index in [1.54, 1.807) is 12.1 Å². The Morgan fingerprint density at radius 1 is 1.00 bits per heavy atom. The maximum Gasteiger partial charge on any atom is 0.303 e. The first kappa shape index (κ1) is 19.5. The lowest BCUT2D eigenvalue weighted by atomic mass is 10.1. The number of aromatic hydroxyl groups is 1. The van der Waals surface area contributed by atoms with Crippen LogP contribution in [0.5, 0.6) is 11.5 Å². The molecular weight excluding hydrogens is 348 g/mol. The van der Waals surface area contributed by atoms with Gasteiger partial charge in [0.05, 0.1) is 0 Å². The molecule has 142 valence electrons. The van der Waals surface area contributed by atoms with Gasteiger partial charge in [-0.1, -0.05) is 12.1 Å². The quantitative estimate of drug-likeness (QED) is 0.577. The highest BCUT2D eigenvalue weighted by Gasteiger charge is 2.51. The van der Waals surface area contributed by atoms with E-state index in [4.69, 9.17) is 23.7 Å². The van der Waals surface area contributed by atoms with Crippen molar-refractivity contribution in [3.05, 3.63) is 24.3 Å². The van der Waals surface area contributed by atoms with Crippen LogP contribution in [0.1, 0.15) is 20.8 Å². The Kier molecular flexibility index (Phi) is 6.40. The monoisotopic (exact) mass is 368 g/mol. The fraction of sp³-hybridized carbons (Fsp3) is 0.471. The average molecular weight is 368 g/mol. The molecule has 0 aliphatic carbocycles. The first-order valence-electron chi connectivity index (χ1n) is 7.86. The van der Waals surface area contributed by atoms with E-state index >= 15 is 0 Å². The molecule has 4 unspecified atom stereocenters. The lowest BCUT2D eigenvalue weighted by molar-refractivity contribution is -0.170. The molecule has 1 aliphatic rings. The first-order valence-corrected chi connectivity index (χ1v) is 7.86. The third-order valence-electron chi connectivity index (χ3n) is 3.43. The van der Waals surface area contributed by atoms with Crippen molar-refractivity contribution < 1.29 is 43.2 Å². The van der Waals surface area contributed by atoms with Gasteiger partial charge in [-0.25, -0.2) is 0 Å². The molecule has 0 saturated carbocycles. The average Bonchev–Trinajstić information content (AvgIpc) is 2.84. The molecule has 1 fully saturated rings. The fourth-order valence-electron chi connectivity index (χ4n) is 2.45. The number of carbonyl (C=O) groups excluding carboxylic acids is 3. The summed E-state index contributed by atoms with van der Waals surface area (Å²) in [5, 5.41) is 9.85. The molecule has 1 saturated heterocycles. The van der Waals surface area contributed by atoms with Crippen molar-refractivity contribution in [2.45, 2.75) is 45.4 Å². The second kappa shape index (κ2) is 8.52. The summed E-state index contributed by atoms with van der Waals surface area (Å²) in [4.78, 5) is 34.0. The second-order valence-corrected chi connectivity index (χ2v) is 5.58. The summed E-state index contributed by atoms with van der Waals surface area (Å²) in [5.41, 5.74) is 0. The maximum atomic E-state index is 11.5. The SMILES string of the molecule is CC(=O)OCC1OC(Oc2ccccc2O)C(OC(C)=O)C1OC(C)=O. The number of rotatable bonds is 6. The van der Waals surface area contributed by atoms with Gasteiger partial charge in [-0.05, 0) is 12.1 Å². The summed E-state index contributed by atoms with van der Waals surface area (Å²) in [5.74, 6) is -1.89. The molecular formula is C17H20O9. The Hall–Kier alpha value is -2.81. The number of esters is 3. The zero-order chi connectivity index (χ0) is 19.3. The highest BCUT2D eigenvalue weighted by molar-refractivity contribution is 5.68. The number of hydrogen-bond donors (Lipinski definition) is 1. The van der Waals surface area contributed by atoms with Crippen LogP contribution < -0.4 is 4.74 Å². The minimum absolute atomic E-state index is 0.0874. The van der Waals surface area contributed by atoms with Gasteiger partial charge < -0.3 is 28.8 Å². The van der Waals surface area contributed by atoms with Crippen molar-refractivity contribution in [1.29, 1.82) is 0 Å². The van der Waals surface area contributed by atoms with Crippen molar-refractivity contribution in [2.24, 2.45) is 0 Å². The number of phenolic OH excluding ortho intramolecular Hbond substituents is 1. The van der Waals surface area contributed by atoms with Crippen LogP contribution in [0.25, 0.3) is 0 Å². The molecule has 9 heteroatoms. The van der Waals surface area contributed by atoms with E-state index in [2.05, 4.69) is 0 Å². The predicted molar refractivity (Wildman–Crippen MR) is 85.1 cm³/mol. The lowest BCUT2D eigenvalue weighted by Crippen LogP contribution is -2.42. The van der Waals surface area contributed by atoms with Crippen molar-refractivity contribution in [3.63, 3.8) is 0 Å². The summed E-state index contributed by atoms with van der Waals surface area (Å²) in [6.45, 7) is 3.35. The Labute approximate surface area is 149 Å². The van der Waals surface area contributed by atoms with Crippen molar-refractivity contribution in [2.75, 3.05) is 6.61 Å². The third-order valence-corrected chi connectivity index (χ3v) is 3.43. The van der Waals surface area contributed by atoms with Crippen LogP contribution in [-0.4, -0.2) is 54.2 Å². The molecule has 2 rings (SSSR count). The van der Waals surface area contributed by atoms with Gasteiger partial charge in [-0.15, -0.1) is 0 Å². The zero-order valence-electron chi connectivity index (χ0n) is 14.5. The van der Waals surface area contributed by atoms with Crippen LogP contribution in [0.2, 0.25) is 0 Å². The molecule has 0 bridgehead atoms. The number of benzene rings is 1. The normalized spacial score (nSPS) is 24.6. The number of hydrogen-bond acceptors (Lipinski definition) is 9. The van der Waals surface area contributed by atoms with Gasteiger partial charge >= 0.3 is 17.9 Å². The van der Waals surface area contributed by atoms with Gasteiger partial charge in [0.25, 0.3) is 0 Å². The molecule has 1 aromatic rings. The van der Waals surface area contributed by atoms with Crippen LogP contribution in [0.15, 0.2) is 24.3 Å². The molecule has 0 radical (unpaired) electrons. The Morgan fingerprint density at radius 3 is 2.19 bits per heavy atom. The zero-order valence-corrected chi connectivity index (χ0v) is 14.5. The van der Waals surface area contributed by atoms with Gasteiger partial charge in [-0.2, -0.15) is 0 Å². The second-order valence-electron chi connectivity index (χ2n) is 5.58. The Bertz CT molecular complexity index is 672.